The van der Waals surface area contributed by atoms with E-state index in [1.54, 1.807) is 23.5 Å². The van der Waals surface area contributed by atoms with Crippen LogP contribution in [-0.4, -0.2) is 10.9 Å². The first kappa shape index (κ1) is 13.3. The second kappa shape index (κ2) is 5.69. The second-order valence-corrected chi connectivity index (χ2v) is 5.45. The number of hydrogen-bond acceptors (Lipinski definition) is 3. The van der Waals surface area contributed by atoms with Gasteiger partial charge in [0.2, 0.25) is 0 Å². The molecule has 3 nitrogen and oxygen atoms in total. The molecule has 2 rings (SSSR count). The number of pyridine rings is 1. The van der Waals surface area contributed by atoms with Crippen LogP contribution in [0.1, 0.15) is 28.3 Å². The average Bonchev–Trinajstić information content (AvgIpc) is 2.85. The van der Waals surface area contributed by atoms with Crippen molar-refractivity contribution in [2.45, 2.75) is 13.0 Å². The molecule has 1 amide bonds. The lowest BCUT2D eigenvalue weighted by molar-refractivity contribution is 0.0935. The molecular weight excluding hydrogens is 291 g/mol. The molecule has 0 aliphatic rings. The molecule has 0 saturated carbocycles. The van der Waals surface area contributed by atoms with Crippen molar-refractivity contribution in [2.75, 3.05) is 0 Å². The molecule has 2 aromatic heterocycles. The third-order valence-corrected chi connectivity index (χ3v) is 3.92. The average molecular weight is 301 g/mol. The number of hydrogen-bond donors (Lipinski definition) is 1. The van der Waals surface area contributed by atoms with Crippen molar-refractivity contribution in [3.63, 3.8) is 0 Å². The normalized spacial score (nSPS) is 12.2. The molecule has 1 N–H and O–H groups in total. The van der Waals surface area contributed by atoms with E-state index in [-0.39, 0.29) is 27.8 Å². The van der Waals surface area contributed by atoms with Crippen LogP contribution in [0.2, 0.25) is 10.2 Å². The van der Waals surface area contributed by atoms with Gasteiger partial charge in [0.15, 0.2) is 0 Å². The quantitative estimate of drug-likeness (QED) is 0.872. The monoisotopic (exact) mass is 300 g/mol. The molecule has 0 aromatic carbocycles. The lowest BCUT2D eigenvalue weighted by atomic mass is 10.2. The largest absolute Gasteiger partial charge is 0.343 e. The van der Waals surface area contributed by atoms with Crippen LogP contribution in [0.4, 0.5) is 0 Å². The van der Waals surface area contributed by atoms with E-state index in [0.717, 1.165) is 4.88 Å². The Hall–Kier alpha value is -1.10. The van der Waals surface area contributed by atoms with Crippen LogP contribution in [0.5, 0.6) is 0 Å². The number of amides is 1. The molecule has 2 aromatic rings. The summed E-state index contributed by atoms with van der Waals surface area (Å²) in [7, 11) is 0. The molecule has 94 valence electrons. The van der Waals surface area contributed by atoms with Crippen LogP contribution >= 0.6 is 34.5 Å². The van der Waals surface area contributed by atoms with Gasteiger partial charge < -0.3 is 5.32 Å². The van der Waals surface area contributed by atoms with E-state index in [9.17, 15) is 4.79 Å². The summed E-state index contributed by atoms with van der Waals surface area (Å²) in [6.45, 7) is 1.90. The molecule has 18 heavy (non-hydrogen) atoms. The van der Waals surface area contributed by atoms with Crippen molar-refractivity contribution in [3.8, 4) is 0 Å². The first-order valence-corrected chi connectivity index (χ1v) is 6.88. The second-order valence-electron chi connectivity index (χ2n) is 3.67. The van der Waals surface area contributed by atoms with E-state index in [4.69, 9.17) is 23.2 Å². The van der Waals surface area contributed by atoms with Crippen molar-refractivity contribution in [3.05, 3.63) is 50.4 Å². The van der Waals surface area contributed by atoms with E-state index in [0.29, 0.717) is 0 Å². The summed E-state index contributed by atoms with van der Waals surface area (Å²) < 4.78 is 0. The number of thiophene rings is 1. The smallest absolute Gasteiger partial charge is 0.271 e. The van der Waals surface area contributed by atoms with Gasteiger partial charge in [0.05, 0.1) is 11.1 Å². The summed E-state index contributed by atoms with van der Waals surface area (Å²) in [6, 6.07) is 6.91. The molecule has 0 spiro atoms. The van der Waals surface area contributed by atoms with E-state index >= 15 is 0 Å². The van der Waals surface area contributed by atoms with E-state index in [1.807, 2.05) is 24.4 Å². The third-order valence-electron chi connectivity index (χ3n) is 2.34. The Morgan fingerprint density at radius 3 is 2.83 bits per heavy atom. The van der Waals surface area contributed by atoms with Gasteiger partial charge in [0, 0.05) is 4.88 Å². The summed E-state index contributed by atoms with van der Waals surface area (Å²) >= 11 is 13.3. The highest BCUT2D eigenvalue weighted by atomic mass is 35.5. The molecule has 0 radical (unpaired) electrons. The van der Waals surface area contributed by atoms with Crippen molar-refractivity contribution in [2.24, 2.45) is 0 Å². The van der Waals surface area contributed by atoms with Gasteiger partial charge in [-0.3, -0.25) is 4.79 Å². The summed E-state index contributed by atoms with van der Waals surface area (Å²) in [5.41, 5.74) is 0.146. The maximum Gasteiger partial charge on any atom is 0.271 e. The third kappa shape index (κ3) is 3.02. The molecule has 0 fully saturated rings. The van der Waals surface area contributed by atoms with Crippen molar-refractivity contribution in [1.82, 2.24) is 10.3 Å². The number of aromatic nitrogens is 1. The zero-order valence-corrected chi connectivity index (χ0v) is 11.8. The fraction of sp³-hybridized carbons (Fsp3) is 0.167. The fourth-order valence-corrected chi connectivity index (χ4v) is 2.52. The van der Waals surface area contributed by atoms with Crippen LogP contribution in [0, 0.1) is 0 Å². The first-order valence-electron chi connectivity index (χ1n) is 5.24. The SMILES string of the molecule is CC(NC(=O)c1nc(Cl)ccc1Cl)c1cccs1. The Kier molecular flexibility index (Phi) is 4.22. The Morgan fingerprint density at radius 2 is 2.17 bits per heavy atom. The molecular formula is C12H10Cl2N2OS. The lowest BCUT2D eigenvalue weighted by Gasteiger charge is -2.12. The minimum Gasteiger partial charge on any atom is -0.343 e. The standard InChI is InChI=1S/C12H10Cl2N2OS/c1-7(9-3-2-6-18-9)15-12(17)11-8(13)4-5-10(14)16-11/h2-7H,1H3,(H,15,17). The van der Waals surface area contributed by atoms with Crippen LogP contribution < -0.4 is 5.32 Å². The van der Waals surface area contributed by atoms with Crippen LogP contribution in [0.3, 0.4) is 0 Å². The molecule has 0 aliphatic carbocycles. The lowest BCUT2D eigenvalue weighted by Crippen LogP contribution is -2.27. The fourth-order valence-electron chi connectivity index (χ4n) is 1.45. The van der Waals surface area contributed by atoms with Gasteiger partial charge in [0.1, 0.15) is 10.8 Å². The van der Waals surface area contributed by atoms with Crippen molar-refractivity contribution in [1.29, 1.82) is 0 Å². The summed E-state index contributed by atoms with van der Waals surface area (Å²) in [5.74, 6) is -0.330. The van der Waals surface area contributed by atoms with Crippen molar-refractivity contribution >= 4 is 40.4 Å². The summed E-state index contributed by atoms with van der Waals surface area (Å²) in [5, 5.41) is 5.32. The highest BCUT2D eigenvalue weighted by Gasteiger charge is 2.16. The highest BCUT2D eigenvalue weighted by Crippen LogP contribution is 2.21. The summed E-state index contributed by atoms with van der Waals surface area (Å²) in [6.07, 6.45) is 0. The Bertz CT molecular complexity index is 557. The van der Waals surface area contributed by atoms with Gasteiger partial charge in [-0.15, -0.1) is 11.3 Å². The zero-order valence-electron chi connectivity index (χ0n) is 9.48. The van der Waals surface area contributed by atoms with Gasteiger partial charge in [0.25, 0.3) is 5.91 Å². The number of carbonyl (C=O) groups is 1. The predicted molar refractivity (Wildman–Crippen MR) is 74.5 cm³/mol. The van der Waals surface area contributed by atoms with Crippen LogP contribution in [-0.2, 0) is 0 Å². The Labute approximate surface area is 119 Å². The van der Waals surface area contributed by atoms with Gasteiger partial charge in [-0.2, -0.15) is 0 Å². The van der Waals surface area contributed by atoms with Crippen LogP contribution in [0.25, 0.3) is 0 Å². The highest BCUT2D eigenvalue weighted by molar-refractivity contribution is 7.10. The molecule has 1 atom stereocenters. The predicted octanol–water partition coefficient (Wildman–Crippen LogP) is 3.94. The van der Waals surface area contributed by atoms with Gasteiger partial charge >= 0.3 is 0 Å². The number of nitrogens with one attached hydrogen (secondary N) is 1. The molecule has 1 unspecified atom stereocenters. The molecule has 0 saturated heterocycles. The molecule has 0 aliphatic heterocycles. The maximum atomic E-state index is 12.0. The Morgan fingerprint density at radius 1 is 1.39 bits per heavy atom. The van der Waals surface area contributed by atoms with Gasteiger partial charge in [-0.25, -0.2) is 4.98 Å². The van der Waals surface area contributed by atoms with Crippen LogP contribution in [0.15, 0.2) is 29.6 Å². The molecule has 6 heteroatoms. The van der Waals surface area contributed by atoms with Gasteiger partial charge in [-0.1, -0.05) is 29.3 Å². The number of nitrogens with zero attached hydrogens (tertiary/aromatic N) is 1. The van der Waals surface area contributed by atoms with Crippen molar-refractivity contribution < 1.29 is 4.79 Å². The summed E-state index contributed by atoms with van der Waals surface area (Å²) in [4.78, 5) is 17.0. The molecule has 0 bridgehead atoms. The number of halogens is 2. The minimum atomic E-state index is -0.330. The van der Waals surface area contributed by atoms with Gasteiger partial charge in [-0.05, 0) is 30.5 Å². The zero-order chi connectivity index (χ0) is 13.1. The Balaban J connectivity index is 2.15. The van der Waals surface area contributed by atoms with E-state index in [1.165, 1.54) is 0 Å². The topological polar surface area (TPSA) is 42.0 Å². The van der Waals surface area contributed by atoms with E-state index < -0.39 is 0 Å². The molecule has 2 heterocycles. The van der Waals surface area contributed by atoms with E-state index in [2.05, 4.69) is 10.3 Å². The first-order chi connectivity index (χ1) is 8.58. The number of carbonyl (C=O) groups excluding carboxylic acids is 1. The maximum absolute atomic E-state index is 12.0. The number of rotatable bonds is 3. The minimum absolute atomic E-state index is 0.0886.